The van der Waals surface area contributed by atoms with Gasteiger partial charge in [-0.05, 0) is 42.7 Å². The first-order chi connectivity index (χ1) is 14.6. The van der Waals surface area contributed by atoms with Crippen LogP contribution in [0.3, 0.4) is 0 Å². The molecule has 1 aromatic heterocycles. The first kappa shape index (κ1) is 19.5. The van der Waals surface area contributed by atoms with Gasteiger partial charge in [0.25, 0.3) is 5.91 Å². The normalized spacial score (nSPS) is 11.1. The van der Waals surface area contributed by atoms with Crippen LogP contribution in [0.1, 0.15) is 16.7 Å². The Morgan fingerprint density at radius 1 is 1.03 bits per heavy atom. The van der Waals surface area contributed by atoms with Crippen molar-refractivity contribution in [1.29, 1.82) is 0 Å². The Labute approximate surface area is 175 Å². The molecule has 0 saturated heterocycles. The number of aromatic amines is 1. The Bertz CT molecular complexity index is 1210. The number of hydrogen-bond acceptors (Lipinski definition) is 3. The number of hydrazone groups is 1. The summed E-state index contributed by atoms with van der Waals surface area (Å²) in [5.74, 6) is 0.394. The zero-order valence-corrected chi connectivity index (χ0v) is 17.0. The van der Waals surface area contributed by atoms with E-state index in [1.165, 1.54) is 0 Å². The molecule has 2 N–H and O–H groups in total. The summed E-state index contributed by atoms with van der Waals surface area (Å²) in [5.41, 5.74) is 8.59. The number of hydrogen-bond donors (Lipinski definition) is 2. The number of fused-ring (bicyclic) bond motifs is 1. The van der Waals surface area contributed by atoms with Gasteiger partial charge >= 0.3 is 0 Å². The molecule has 4 aromatic rings. The molecule has 0 spiro atoms. The number of ether oxygens (including phenoxy) is 1. The van der Waals surface area contributed by atoms with Crippen LogP contribution >= 0.6 is 0 Å². The molecule has 1 amide bonds. The van der Waals surface area contributed by atoms with E-state index >= 15 is 0 Å². The number of carbonyl (C=O) groups is 1. The van der Waals surface area contributed by atoms with Crippen molar-refractivity contribution in [3.63, 3.8) is 0 Å². The van der Waals surface area contributed by atoms with Crippen molar-refractivity contribution >= 4 is 23.0 Å². The fourth-order valence-corrected chi connectivity index (χ4v) is 3.34. The molecule has 5 heteroatoms. The summed E-state index contributed by atoms with van der Waals surface area (Å²) in [7, 11) is 0. The summed E-state index contributed by atoms with van der Waals surface area (Å²) in [5, 5.41) is 5.22. The van der Waals surface area contributed by atoms with Crippen molar-refractivity contribution < 1.29 is 9.53 Å². The molecular weight excluding hydrogens is 374 g/mol. The van der Waals surface area contributed by atoms with Crippen LogP contribution in [-0.4, -0.2) is 23.7 Å². The molecule has 0 atom stereocenters. The number of carbonyl (C=O) groups excluding carboxylic acids is 1. The van der Waals surface area contributed by atoms with Gasteiger partial charge in [-0.15, -0.1) is 0 Å². The van der Waals surface area contributed by atoms with Crippen molar-refractivity contribution in [2.45, 2.75) is 13.8 Å². The predicted octanol–water partition coefficient (Wildman–Crippen LogP) is 4.98. The van der Waals surface area contributed by atoms with Crippen molar-refractivity contribution in [2.24, 2.45) is 5.10 Å². The van der Waals surface area contributed by atoms with E-state index in [2.05, 4.69) is 15.5 Å². The number of aryl methyl sites for hydroxylation is 2. The smallest absolute Gasteiger partial charge is 0.277 e. The third kappa shape index (κ3) is 4.25. The summed E-state index contributed by atoms with van der Waals surface area (Å²) < 4.78 is 5.64. The van der Waals surface area contributed by atoms with Crippen LogP contribution in [0.15, 0.2) is 77.9 Å². The monoisotopic (exact) mass is 397 g/mol. The lowest BCUT2D eigenvalue weighted by Gasteiger charge is -2.08. The average Bonchev–Trinajstić information content (AvgIpc) is 3.14. The summed E-state index contributed by atoms with van der Waals surface area (Å²) in [4.78, 5) is 15.7. The van der Waals surface area contributed by atoms with E-state index in [9.17, 15) is 4.79 Å². The summed E-state index contributed by atoms with van der Waals surface area (Å²) in [6.07, 6.45) is 1.68. The number of H-pyrrole nitrogens is 1. The number of nitrogens with one attached hydrogen (secondary N) is 2. The van der Waals surface area contributed by atoms with Gasteiger partial charge in [0.2, 0.25) is 0 Å². The maximum absolute atomic E-state index is 12.2. The molecule has 0 radical (unpaired) electrons. The maximum atomic E-state index is 12.2. The topological polar surface area (TPSA) is 66.5 Å². The first-order valence-electron chi connectivity index (χ1n) is 9.80. The van der Waals surface area contributed by atoms with Crippen LogP contribution in [0.5, 0.6) is 5.75 Å². The number of para-hydroxylation sites is 1. The molecular formula is C25H23N3O2. The van der Waals surface area contributed by atoms with Gasteiger partial charge in [0, 0.05) is 16.5 Å². The molecule has 4 rings (SSSR count). The van der Waals surface area contributed by atoms with E-state index < -0.39 is 0 Å². The standard InChI is InChI=1S/C25H23N3O2/c1-17-12-13-18(2)23(14-17)30-16-24(29)28-26-15-21-20-10-6-7-11-22(20)27-25(21)19-8-4-3-5-9-19/h3-15,27H,16H2,1-2H3,(H,28,29)/b26-15+. The molecule has 0 saturated carbocycles. The van der Waals surface area contributed by atoms with E-state index in [1.807, 2.05) is 86.6 Å². The number of rotatable bonds is 6. The van der Waals surface area contributed by atoms with E-state index in [4.69, 9.17) is 4.74 Å². The number of benzene rings is 3. The third-order valence-corrected chi connectivity index (χ3v) is 4.89. The fraction of sp³-hybridized carbons (Fsp3) is 0.120. The molecule has 0 aliphatic carbocycles. The van der Waals surface area contributed by atoms with Gasteiger partial charge in [0.15, 0.2) is 6.61 Å². The highest BCUT2D eigenvalue weighted by atomic mass is 16.5. The Morgan fingerprint density at radius 3 is 2.63 bits per heavy atom. The van der Waals surface area contributed by atoms with Crippen molar-refractivity contribution in [3.8, 4) is 17.0 Å². The largest absolute Gasteiger partial charge is 0.483 e. The lowest BCUT2D eigenvalue weighted by molar-refractivity contribution is -0.123. The minimum absolute atomic E-state index is 0.0962. The summed E-state index contributed by atoms with van der Waals surface area (Å²) >= 11 is 0. The third-order valence-electron chi connectivity index (χ3n) is 4.89. The summed E-state index contributed by atoms with van der Waals surface area (Å²) in [6, 6.07) is 24.0. The Balaban J connectivity index is 1.50. The molecule has 3 aromatic carbocycles. The minimum atomic E-state index is -0.312. The zero-order chi connectivity index (χ0) is 20.9. The van der Waals surface area contributed by atoms with E-state index in [-0.39, 0.29) is 12.5 Å². The molecule has 5 nitrogen and oxygen atoms in total. The fourth-order valence-electron chi connectivity index (χ4n) is 3.34. The van der Waals surface area contributed by atoms with Gasteiger partial charge in [0.1, 0.15) is 5.75 Å². The molecule has 0 fully saturated rings. The number of aromatic nitrogens is 1. The van der Waals surface area contributed by atoms with Gasteiger partial charge in [-0.2, -0.15) is 5.10 Å². The van der Waals surface area contributed by atoms with Gasteiger partial charge in [-0.1, -0.05) is 60.7 Å². The summed E-state index contributed by atoms with van der Waals surface area (Å²) in [6.45, 7) is 3.84. The minimum Gasteiger partial charge on any atom is -0.483 e. The van der Waals surface area contributed by atoms with Crippen LogP contribution in [0, 0.1) is 13.8 Å². The second-order valence-corrected chi connectivity index (χ2v) is 7.18. The number of amides is 1. The molecule has 150 valence electrons. The Hall–Kier alpha value is -3.86. The quantitative estimate of drug-likeness (QED) is 0.356. The maximum Gasteiger partial charge on any atom is 0.277 e. The lowest BCUT2D eigenvalue weighted by atomic mass is 10.1. The molecule has 0 unspecified atom stereocenters. The second kappa shape index (κ2) is 8.66. The molecule has 30 heavy (non-hydrogen) atoms. The van der Waals surface area contributed by atoms with Crippen LogP contribution in [0.2, 0.25) is 0 Å². The molecule has 0 aliphatic rings. The van der Waals surface area contributed by atoms with Crippen molar-refractivity contribution in [1.82, 2.24) is 10.4 Å². The Kier molecular flexibility index (Phi) is 5.61. The van der Waals surface area contributed by atoms with Gasteiger partial charge in [-0.3, -0.25) is 4.79 Å². The highest BCUT2D eigenvalue weighted by Gasteiger charge is 2.11. The van der Waals surface area contributed by atoms with Crippen LogP contribution in [0.25, 0.3) is 22.2 Å². The highest BCUT2D eigenvalue weighted by Crippen LogP contribution is 2.28. The van der Waals surface area contributed by atoms with Crippen LogP contribution in [0.4, 0.5) is 0 Å². The molecule has 1 heterocycles. The predicted molar refractivity (Wildman–Crippen MR) is 121 cm³/mol. The van der Waals surface area contributed by atoms with Crippen LogP contribution < -0.4 is 10.2 Å². The molecule has 0 aliphatic heterocycles. The average molecular weight is 397 g/mol. The van der Waals surface area contributed by atoms with Gasteiger partial charge < -0.3 is 9.72 Å². The lowest BCUT2D eigenvalue weighted by Crippen LogP contribution is -2.24. The van der Waals surface area contributed by atoms with Crippen LogP contribution in [-0.2, 0) is 4.79 Å². The van der Waals surface area contributed by atoms with Gasteiger partial charge in [0.05, 0.1) is 11.9 Å². The van der Waals surface area contributed by atoms with Crippen molar-refractivity contribution in [3.05, 3.63) is 89.5 Å². The molecule has 0 bridgehead atoms. The van der Waals surface area contributed by atoms with Gasteiger partial charge in [-0.25, -0.2) is 5.43 Å². The van der Waals surface area contributed by atoms with E-state index in [0.29, 0.717) is 5.75 Å². The first-order valence-corrected chi connectivity index (χ1v) is 9.80. The highest BCUT2D eigenvalue weighted by molar-refractivity contribution is 6.06. The Morgan fingerprint density at radius 2 is 1.80 bits per heavy atom. The second-order valence-electron chi connectivity index (χ2n) is 7.18. The van der Waals surface area contributed by atoms with E-state index in [1.54, 1.807) is 6.21 Å². The van der Waals surface area contributed by atoms with E-state index in [0.717, 1.165) is 38.9 Å². The SMILES string of the molecule is Cc1ccc(C)c(OCC(=O)N/N=C/c2c(-c3ccccc3)[nH]c3ccccc23)c1. The number of nitrogens with zero attached hydrogens (tertiary/aromatic N) is 1. The van der Waals surface area contributed by atoms with Crippen molar-refractivity contribution in [2.75, 3.05) is 6.61 Å². The zero-order valence-electron chi connectivity index (χ0n) is 17.0.